The Balaban J connectivity index is 1.95. The van der Waals surface area contributed by atoms with Gasteiger partial charge >= 0.3 is 0 Å². The minimum Gasteiger partial charge on any atom is -0.357 e. The lowest BCUT2D eigenvalue weighted by atomic mass is 9.93. The van der Waals surface area contributed by atoms with Crippen LogP contribution < -0.4 is 5.32 Å². The summed E-state index contributed by atoms with van der Waals surface area (Å²) >= 11 is 5.88. The first-order valence-electron chi connectivity index (χ1n) is 7.45. The highest BCUT2D eigenvalue weighted by Crippen LogP contribution is 2.25. The summed E-state index contributed by atoms with van der Waals surface area (Å²) in [6.45, 7) is 0.426. The molecule has 23 heavy (non-hydrogen) atoms. The fourth-order valence-corrected chi connectivity index (χ4v) is 3.02. The van der Waals surface area contributed by atoms with Crippen LogP contribution in [0.1, 0.15) is 21.5 Å². The summed E-state index contributed by atoms with van der Waals surface area (Å²) in [5, 5.41) is 3.23. The summed E-state index contributed by atoms with van der Waals surface area (Å²) in [4.78, 5) is 26.7. The number of hydrogen-bond donors (Lipinski definition) is 1. The molecule has 1 heterocycles. The number of nitrogens with zero attached hydrogens (tertiary/aromatic N) is 1. The predicted octanol–water partition coefficient (Wildman–Crippen LogP) is 2.65. The number of likely N-dealkylation sites (N-methyl/N-ethyl adjacent to an activating group) is 1. The van der Waals surface area contributed by atoms with Crippen molar-refractivity contribution in [3.63, 3.8) is 0 Å². The van der Waals surface area contributed by atoms with E-state index in [1.165, 1.54) is 0 Å². The van der Waals surface area contributed by atoms with Gasteiger partial charge in [-0.05, 0) is 35.4 Å². The Morgan fingerprint density at radius 2 is 1.74 bits per heavy atom. The molecule has 1 unspecified atom stereocenters. The van der Waals surface area contributed by atoms with Crippen molar-refractivity contribution in [3.05, 3.63) is 70.2 Å². The van der Waals surface area contributed by atoms with Crippen LogP contribution in [-0.2, 0) is 17.8 Å². The van der Waals surface area contributed by atoms with Crippen molar-refractivity contribution in [2.24, 2.45) is 0 Å². The molecule has 0 bridgehead atoms. The molecule has 2 aromatic rings. The van der Waals surface area contributed by atoms with Crippen LogP contribution in [0.5, 0.6) is 0 Å². The largest absolute Gasteiger partial charge is 0.357 e. The number of halogens is 1. The van der Waals surface area contributed by atoms with Gasteiger partial charge in [-0.25, -0.2) is 0 Å². The number of rotatable bonds is 2. The molecule has 0 saturated heterocycles. The molecule has 0 fully saturated rings. The van der Waals surface area contributed by atoms with E-state index in [0.29, 0.717) is 23.6 Å². The van der Waals surface area contributed by atoms with Gasteiger partial charge in [-0.2, -0.15) is 0 Å². The van der Waals surface area contributed by atoms with Crippen LogP contribution in [0.15, 0.2) is 48.5 Å². The molecule has 1 atom stereocenters. The maximum Gasteiger partial charge on any atom is 0.254 e. The van der Waals surface area contributed by atoms with Gasteiger partial charge in [-0.3, -0.25) is 9.59 Å². The monoisotopic (exact) mass is 328 g/mol. The van der Waals surface area contributed by atoms with Gasteiger partial charge in [-0.15, -0.1) is 0 Å². The number of carbonyl (C=O) groups excluding carboxylic acids is 2. The van der Waals surface area contributed by atoms with Gasteiger partial charge in [0.05, 0.1) is 0 Å². The Labute approximate surface area is 140 Å². The molecule has 1 aliphatic heterocycles. The second kappa shape index (κ2) is 6.42. The molecule has 0 aromatic heterocycles. The van der Waals surface area contributed by atoms with Gasteiger partial charge in [0.15, 0.2) is 0 Å². The van der Waals surface area contributed by atoms with Crippen LogP contribution >= 0.6 is 11.6 Å². The van der Waals surface area contributed by atoms with E-state index in [1.54, 1.807) is 36.2 Å². The van der Waals surface area contributed by atoms with Crippen molar-refractivity contribution < 1.29 is 9.59 Å². The highest BCUT2D eigenvalue weighted by molar-refractivity contribution is 6.30. The minimum atomic E-state index is -0.502. The molecule has 2 amide bonds. The molecular weight excluding hydrogens is 312 g/mol. The second-order valence-electron chi connectivity index (χ2n) is 5.54. The fraction of sp³-hybridized carbons (Fsp3) is 0.222. The molecule has 2 aromatic carbocycles. The molecule has 0 radical (unpaired) electrons. The van der Waals surface area contributed by atoms with E-state index in [0.717, 1.165) is 11.1 Å². The number of amides is 2. The molecule has 4 nitrogen and oxygen atoms in total. The molecular formula is C18H17ClN2O2. The third-order valence-corrected chi connectivity index (χ3v) is 4.40. The number of benzene rings is 2. The minimum absolute atomic E-state index is 0.151. The molecule has 1 aliphatic rings. The van der Waals surface area contributed by atoms with E-state index >= 15 is 0 Å². The van der Waals surface area contributed by atoms with Crippen LogP contribution in [0.3, 0.4) is 0 Å². The van der Waals surface area contributed by atoms with Crippen molar-refractivity contribution in [1.82, 2.24) is 10.2 Å². The normalized spacial score (nSPS) is 16.6. The zero-order chi connectivity index (χ0) is 16.4. The van der Waals surface area contributed by atoms with E-state index in [-0.39, 0.29) is 11.8 Å². The van der Waals surface area contributed by atoms with Crippen LogP contribution in [0.25, 0.3) is 0 Å². The lowest BCUT2D eigenvalue weighted by Gasteiger charge is -2.35. The van der Waals surface area contributed by atoms with E-state index < -0.39 is 6.04 Å². The average molecular weight is 329 g/mol. The smallest absolute Gasteiger partial charge is 0.254 e. The SMILES string of the molecule is CNC(=O)C1Cc2ccccc2CN1C(=O)c1ccc(Cl)cc1. The summed E-state index contributed by atoms with van der Waals surface area (Å²) in [6, 6.07) is 14.1. The molecule has 0 saturated carbocycles. The topological polar surface area (TPSA) is 49.4 Å². The van der Waals surface area contributed by atoms with Gasteiger partial charge in [-0.1, -0.05) is 35.9 Å². The van der Waals surface area contributed by atoms with Crippen molar-refractivity contribution >= 4 is 23.4 Å². The molecule has 118 valence electrons. The number of nitrogens with one attached hydrogen (secondary N) is 1. The Bertz CT molecular complexity index is 743. The third-order valence-electron chi connectivity index (χ3n) is 4.15. The fourth-order valence-electron chi connectivity index (χ4n) is 2.90. The molecule has 1 N–H and O–H groups in total. The van der Waals surface area contributed by atoms with E-state index in [4.69, 9.17) is 11.6 Å². The Morgan fingerprint density at radius 3 is 2.39 bits per heavy atom. The standard InChI is InChI=1S/C18H17ClN2O2/c1-20-17(22)16-10-13-4-2-3-5-14(13)11-21(16)18(23)12-6-8-15(19)9-7-12/h2-9,16H,10-11H2,1H3,(H,20,22). The number of hydrogen-bond acceptors (Lipinski definition) is 2. The predicted molar refractivity (Wildman–Crippen MR) is 89.3 cm³/mol. The zero-order valence-electron chi connectivity index (χ0n) is 12.8. The summed E-state index contributed by atoms with van der Waals surface area (Å²) in [5.74, 6) is -0.313. The van der Waals surface area contributed by atoms with Gasteiger partial charge in [0.1, 0.15) is 6.04 Å². The molecule has 5 heteroatoms. The molecule has 0 spiro atoms. The van der Waals surface area contributed by atoms with Crippen molar-refractivity contribution in [3.8, 4) is 0 Å². The zero-order valence-corrected chi connectivity index (χ0v) is 13.5. The maximum atomic E-state index is 12.9. The van der Waals surface area contributed by atoms with Crippen LogP contribution in [-0.4, -0.2) is 29.8 Å². The molecule has 0 aliphatic carbocycles. The summed E-state index contributed by atoms with van der Waals surface area (Å²) < 4.78 is 0. The highest BCUT2D eigenvalue weighted by Gasteiger charge is 2.34. The van der Waals surface area contributed by atoms with Gasteiger partial charge < -0.3 is 10.2 Å². The second-order valence-corrected chi connectivity index (χ2v) is 5.98. The first kappa shape index (κ1) is 15.6. The van der Waals surface area contributed by atoms with Gasteiger partial charge in [0.2, 0.25) is 5.91 Å². The summed E-state index contributed by atoms with van der Waals surface area (Å²) in [6.07, 6.45) is 0.523. The van der Waals surface area contributed by atoms with Gasteiger partial charge in [0, 0.05) is 30.6 Å². The van der Waals surface area contributed by atoms with E-state index in [1.807, 2.05) is 24.3 Å². The summed E-state index contributed by atoms with van der Waals surface area (Å²) in [5.41, 5.74) is 2.72. The Kier molecular flexibility index (Phi) is 4.35. The Hall–Kier alpha value is -2.33. The summed E-state index contributed by atoms with van der Waals surface area (Å²) in [7, 11) is 1.59. The van der Waals surface area contributed by atoms with Crippen molar-refractivity contribution in [2.45, 2.75) is 19.0 Å². The highest BCUT2D eigenvalue weighted by atomic mass is 35.5. The van der Waals surface area contributed by atoms with Crippen molar-refractivity contribution in [2.75, 3.05) is 7.05 Å². The average Bonchev–Trinajstić information content (AvgIpc) is 2.60. The van der Waals surface area contributed by atoms with E-state index in [2.05, 4.69) is 5.32 Å². The van der Waals surface area contributed by atoms with E-state index in [9.17, 15) is 9.59 Å². The first-order chi connectivity index (χ1) is 11.1. The lowest BCUT2D eigenvalue weighted by molar-refractivity contribution is -0.125. The number of carbonyl (C=O) groups is 2. The van der Waals surface area contributed by atoms with Crippen LogP contribution in [0.2, 0.25) is 5.02 Å². The molecule has 3 rings (SSSR count). The van der Waals surface area contributed by atoms with Crippen LogP contribution in [0.4, 0.5) is 0 Å². The van der Waals surface area contributed by atoms with Crippen LogP contribution in [0, 0.1) is 0 Å². The lowest BCUT2D eigenvalue weighted by Crippen LogP contribution is -2.51. The third kappa shape index (κ3) is 3.08. The first-order valence-corrected chi connectivity index (χ1v) is 7.83. The van der Waals surface area contributed by atoms with Gasteiger partial charge in [0.25, 0.3) is 5.91 Å². The van der Waals surface area contributed by atoms with Crippen molar-refractivity contribution in [1.29, 1.82) is 0 Å². The number of fused-ring (bicyclic) bond motifs is 1. The quantitative estimate of drug-likeness (QED) is 0.921. The Morgan fingerprint density at radius 1 is 1.09 bits per heavy atom. The maximum absolute atomic E-state index is 12.9.